The molecule has 2 heterocycles. The van der Waals surface area contributed by atoms with Gasteiger partial charge in [-0.15, -0.1) is 0 Å². The molecule has 0 saturated heterocycles. The smallest absolute Gasteiger partial charge is 0.153 e. The first-order chi connectivity index (χ1) is 8.08. The summed E-state index contributed by atoms with van der Waals surface area (Å²) in [5, 5.41) is 14.0. The molecule has 1 unspecified atom stereocenters. The largest absolute Gasteiger partial charge is 0.389 e. The van der Waals surface area contributed by atoms with E-state index in [1.165, 1.54) is 0 Å². The maximum Gasteiger partial charge on any atom is 0.153 e. The Morgan fingerprint density at radius 3 is 2.59 bits per heavy atom. The van der Waals surface area contributed by atoms with Crippen molar-refractivity contribution in [2.45, 2.75) is 32.8 Å². The zero-order valence-corrected chi connectivity index (χ0v) is 10.3. The minimum absolute atomic E-state index is 0.399. The molecule has 0 aliphatic heterocycles. The van der Waals surface area contributed by atoms with E-state index in [9.17, 15) is 5.11 Å². The average molecular weight is 231 g/mol. The quantitative estimate of drug-likeness (QED) is 0.882. The van der Waals surface area contributed by atoms with Gasteiger partial charge in [-0.25, -0.2) is 9.67 Å². The lowest BCUT2D eigenvalue weighted by Crippen LogP contribution is -2.02. The van der Waals surface area contributed by atoms with Crippen molar-refractivity contribution < 1.29 is 5.11 Å². The van der Waals surface area contributed by atoms with Gasteiger partial charge in [0.1, 0.15) is 0 Å². The average Bonchev–Trinajstić information content (AvgIpc) is 2.78. The van der Waals surface area contributed by atoms with Gasteiger partial charge in [-0.2, -0.15) is 5.10 Å². The molecule has 0 radical (unpaired) electrons. The Morgan fingerprint density at radius 2 is 2.00 bits per heavy atom. The van der Waals surface area contributed by atoms with E-state index in [4.69, 9.17) is 0 Å². The van der Waals surface area contributed by atoms with Crippen molar-refractivity contribution in [3.63, 3.8) is 0 Å². The van der Waals surface area contributed by atoms with E-state index in [1.807, 2.05) is 18.3 Å². The maximum atomic E-state index is 9.53. The SMILES string of the molecule is CC(C)c1ccn(-c2cc(C(C)O)ccn2)n1. The predicted molar refractivity (Wildman–Crippen MR) is 66.1 cm³/mol. The van der Waals surface area contributed by atoms with Crippen LogP contribution in [0.2, 0.25) is 0 Å². The molecule has 90 valence electrons. The Labute approximate surface area is 101 Å². The molecular weight excluding hydrogens is 214 g/mol. The highest BCUT2D eigenvalue weighted by molar-refractivity contribution is 5.28. The lowest BCUT2D eigenvalue weighted by Gasteiger charge is -2.06. The molecule has 0 bridgehead atoms. The van der Waals surface area contributed by atoms with Crippen molar-refractivity contribution in [1.82, 2.24) is 14.8 Å². The summed E-state index contributed by atoms with van der Waals surface area (Å²) in [6.07, 6.45) is 3.09. The number of nitrogens with zero attached hydrogens (tertiary/aromatic N) is 3. The summed E-state index contributed by atoms with van der Waals surface area (Å²) in [6.45, 7) is 5.94. The number of pyridine rings is 1. The third-order valence-electron chi connectivity index (χ3n) is 2.69. The van der Waals surface area contributed by atoms with Gasteiger partial charge in [-0.05, 0) is 36.6 Å². The summed E-state index contributed by atoms with van der Waals surface area (Å²) in [5.74, 6) is 1.13. The number of hydrogen-bond acceptors (Lipinski definition) is 3. The molecule has 0 amide bonds. The van der Waals surface area contributed by atoms with Crippen molar-refractivity contribution in [3.8, 4) is 5.82 Å². The van der Waals surface area contributed by atoms with Crippen LogP contribution in [-0.2, 0) is 0 Å². The Bertz CT molecular complexity index is 503. The van der Waals surface area contributed by atoms with E-state index in [0.717, 1.165) is 17.1 Å². The molecule has 2 aromatic heterocycles. The minimum Gasteiger partial charge on any atom is -0.389 e. The second kappa shape index (κ2) is 4.67. The molecule has 0 saturated carbocycles. The predicted octanol–water partition coefficient (Wildman–Crippen LogP) is 2.44. The van der Waals surface area contributed by atoms with E-state index in [1.54, 1.807) is 23.9 Å². The van der Waals surface area contributed by atoms with Crippen LogP contribution in [0.4, 0.5) is 0 Å². The van der Waals surface area contributed by atoms with Crippen LogP contribution >= 0.6 is 0 Å². The van der Waals surface area contributed by atoms with Crippen molar-refractivity contribution >= 4 is 0 Å². The molecule has 4 nitrogen and oxygen atoms in total. The van der Waals surface area contributed by atoms with Crippen molar-refractivity contribution in [1.29, 1.82) is 0 Å². The van der Waals surface area contributed by atoms with Crippen LogP contribution in [0.5, 0.6) is 0 Å². The van der Waals surface area contributed by atoms with Gasteiger partial charge in [-0.3, -0.25) is 0 Å². The minimum atomic E-state index is -0.489. The first kappa shape index (κ1) is 11.8. The highest BCUT2D eigenvalue weighted by atomic mass is 16.3. The molecule has 0 aliphatic carbocycles. The molecule has 1 N–H and O–H groups in total. The lowest BCUT2D eigenvalue weighted by atomic mass is 10.1. The van der Waals surface area contributed by atoms with E-state index < -0.39 is 6.10 Å². The van der Waals surface area contributed by atoms with Gasteiger partial charge < -0.3 is 5.11 Å². The van der Waals surface area contributed by atoms with E-state index in [-0.39, 0.29) is 0 Å². The second-order valence-corrected chi connectivity index (χ2v) is 4.46. The summed E-state index contributed by atoms with van der Waals surface area (Å²) in [6, 6.07) is 5.64. The Morgan fingerprint density at radius 1 is 1.24 bits per heavy atom. The third kappa shape index (κ3) is 2.53. The fourth-order valence-electron chi connectivity index (χ4n) is 1.59. The summed E-state index contributed by atoms with van der Waals surface area (Å²) in [4.78, 5) is 4.25. The molecule has 4 heteroatoms. The van der Waals surface area contributed by atoms with Crippen LogP contribution in [0.1, 0.15) is 44.1 Å². The van der Waals surface area contributed by atoms with Crippen LogP contribution < -0.4 is 0 Å². The van der Waals surface area contributed by atoms with Gasteiger partial charge in [0.05, 0.1) is 11.8 Å². The van der Waals surface area contributed by atoms with E-state index in [0.29, 0.717) is 5.92 Å². The van der Waals surface area contributed by atoms with E-state index in [2.05, 4.69) is 23.9 Å². The molecule has 2 rings (SSSR count). The normalized spacial score (nSPS) is 13.0. The molecule has 0 aromatic carbocycles. The summed E-state index contributed by atoms with van der Waals surface area (Å²) in [5.41, 5.74) is 1.88. The second-order valence-electron chi connectivity index (χ2n) is 4.46. The van der Waals surface area contributed by atoms with Crippen molar-refractivity contribution in [3.05, 3.63) is 41.9 Å². The monoisotopic (exact) mass is 231 g/mol. The molecule has 0 aliphatic rings. The van der Waals surface area contributed by atoms with Gasteiger partial charge in [-0.1, -0.05) is 13.8 Å². The van der Waals surface area contributed by atoms with Gasteiger partial charge in [0.15, 0.2) is 5.82 Å². The van der Waals surface area contributed by atoms with Crippen molar-refractivity contribution in [2.24, 2.45) is 0 Å². The Hall–Kier alpha value is -1.68. The zero-order chi connectivity index (χ0) is 12.4. The van der Waals surface area contributed by atoms with Crippen LogP contribution in [0.15, 0.2) is 30.6 Å². The number of aliphatic hydroxyl groups excluding tert-OH is 1. The molecule has 0 fully saturated rings. The number of aromatic nitrogens is 3. The van der Waals surface area contributed by atoms with Gasteiger partial charge >= 0.3 is 0 Å². The number of hydrogen-bond donors (Lipinski definition) is 1. The van der Waals surface area contributed by atoms with Gasteiger partial charge in [0, 0.05) is 12.4 Å². The molecule has 1 atom stereocenters. The first-order valence-electron chi connectivity index (χ1n) is 5.78. The fraction of sp³-hybridized carbons (Fsp3) is 0.385. The van der Waals surface area contributed by atoms with Crippen LogP contribution in [0.25, 0.3) is 5.82 Å². The Balaban J connectivity index is 2.35. The lowest BCUT2D eigenvalue weighted by molar-refractivity contribution is 0.199. The topological polar surface area (TPSA) is 50.9 Å². The molecular formula is C13H17N3O. The third-order valence-corrected chi connectivity index (χ3v) is 2.69. The standard InChI is InChI=1S/C13H17N3O/c1-9(2)12-5-7-16(15-12)13-8-11(10(3)17)4-6-14-13/h4-10,17H,1-3H3. The van der Waals surface area contributed by atoms with E-state index >= 15 is 0 Å². The van der Waals surface area contributed by atoms with Gasteiger partial charge in [0.25, 0.3) is 0 Å². The Kier molecular flexibility index (Phi) is 3.24. The van der Waals surface area contributed by atoms with Crippen LogP contribution in [-0.4, -0.2) is 19.9 Å². The summed E-state index contributed by atoms with van der Waals surface area (Å²) < 4.78 is 1.74. The molecule has 0 spiro atoms. The first-order valence-corrected chi connectivity index (χ1v) is 5.78. The number of rotatable bonds is 3. The van der Waals surface area contributed by atoms with Crippen LogP contribution in [0.3, 0.4) is 0 Å². The van der Waals surface area contributed by atoms with Gasteiger partial charge in [0.2, 0.25) is 0 Å². The summed E-state index contributed by atoms with van der Waals surface area (Å²) in [7, 11) is 0. The number of aliphatic hydroxyl groups is 1. The van der Waals surface area contributed by atoms with Crippen LogP contribution in [0, 0.1) is 0 Å². The fourth-order valence-corrected chi connectivity index (χ4v) is 1.59. The maximum absolute atomic E-state index is 9.53. The zero-order valence-electron chi connectivity index (χ0n) is 10.3. The highest BCUT2D eigenvalue weighted by Gasteiger charge is 2.07. The highest BCUT2D eigenvalue weighted by Crippen LogP contribution is 2.16. The van der Waals surface area contributed by atoms with Crippen molar-refractivity contribution in [2.75, 3.05) is 0 Å². The molecule has 17 heavy (non-hydrogen) atoms. The summed E-state index contributed by atoms with van der Waals surface area (Å²) >= 11 is 0. The molecule has 2 aromatic rings.